The van der Waals surface area contributed by atoms with Crippen molar-refractivity contribution in [1.29, 1.82) is 0 Å². The molecule has 5 heteroatoms. The Kier molecular flexibility index (Phi) is 3.12. The maximum atomic E-state index is 12.8. The molecule has 1 saturated heterocycles. The molecule has 3 fully saturated rings. The molecule has 4 rings (SSSR count). The van der Waals surface area contributed by atoms with Crippen LogP contribution in [0.3, 0.4) is 0 Å². The number of rotatable bonds is 2. The zero-order valence-corrected chi connectivity index (χ0v) is 14.1. The summed E-state index contributed by atoms with van der Waals surface area (Å²) in [5, 5.41) is 3.07. The predicted molar refractivity (Wildman–Crippen MR) is 85.3 cm³/mol. The fourth-order valence-electron chi connectivity index (χ4n) is 4.68. The van der Waals surface area contributed by atoms with Crippen LogP contribution < -0.4 is 5.32 Å². The van der Waals surface area contributed by atoms with E-state index in [0.29, 0.717) is 5.92 Å². The molecule has 0 aromatic heterocycles. The fraction of sp³-hybridized carbons (Fsp3) is 0.529. The lowest BCUT2D eigenvalue weighted by Crippen LogP contribution is -2.36. The van der Waals surface area contributed by atoms with Gasteiger partial charge in [-0.1, -0.05) is 15.9 Å². The normalized spacial score (nSPS) is 34.9. The number of amides is 1. The Morgan fingerprint density at radius 3 is 2.64 bits per heavy atom. The molecule has 0 unspecified atom stereocenters. The Morgan fingerprint density at radius 1 is 1.27 bits per heavy atom. The summed E-state index contributed by atoms with van der Waals surface area (Å²) >= 11 is 3.47. The largest absolute Gasteiger partial charge is 0.462 e. The van der Waals surface area contributed by atoms with Crippen LogP contribution in [0.2, 0.25) is 0 Å². The molecule has 4 nitrogen and oxygen atoms in total. The lowest BCUT2D eigenvalue weighted by molar-refractivity contribution is -0.145. The molecule has 1 aliphatic heterocycles. The molecule has 1 aromatic carbocycles. The number of ether oxygens (including phenoxy) is 1. The number of benzene rings is 1. The van der Waals surface area contributed by atoms with Gasteiger partial charge in [0.25, 0.3) is 0 Å². The van der Waals surface area contributed by atoms with Crippen LogP contribution in [-0.2, 0) is 14.3 Å². The summed E-state index contributed by atoms with van der Waals surface area (Å²) in [6.07, 6.45) is 1.88. The highest BCUT2D eigenvalue weighted by atomic mass is 79.9. The minimum Gasteiger partial charge on any atom is -0.462 e. The van der Waals surface area contributed by atoms with E-state index in [-0.39, 0.29) is 35.7 Å². The van der Waals surface area contributed by atoms with Gasteiger partial charge in [0.15, 0.2) is 0 Å². The minimum atomic E-state index is -0.223. The Bertz CT molecular complexity index is 661. The van der Waals surface area contributed by atoms with Crippen molar-refractivity contribution >= 4 is 33.5 Å². The lowest BCUT2D eigenvalue weighted by atomic mass is 9.79. The first-order valence-electron chi connectivity index (χ1n) is 7.74. The van der Waals surface area contributed by atoms with Crippen molar-refractivity contribution < 1.29 is 14.3 Å². The number of carbonyl (C=O) groups excluding carboxylic acids is 2. The first-order chi connectivity index (χ1) is 10.5. The van der Waals surface area contributed by atoms with Crippen LogP contribution in [0.1, 0.15) is 24.0 Å². The van der Waals surface area contributed by atoms with Gasteiger partial charge in [0.05, 0.1) is 11.8 Å². The van der Waals surface area contributed by atoms with E-state index < -0.39 is 0 Å². The van der Waals surface area contributed by atoms with Crippen LogP contribution in [0.25, 0.3) is 0 Å². The zero-order chi connectivity index (χ0) is 15.6. The smallest absolute Gasteiger partial charge is 0.310 e. The molecular weight excluding hydrogens is 346 g/mol. The van der Waals surface area contributed by atoms with Crippen LogP contribution in [0.5, 0.6) is 0 Å². The highest BCUT2D eigenvalue weighted by Gasteiger charge is 2.63. The van der Waals surface area contributed by atoms with Crippen molar-refractivity contribution in [3.05, 3.63) is 27.7 Å². The molecule has 1 aromatic rings. The number of hydrogen-bond acceptors (Lipinski definition) is 3. The number of aryl methyl sites for hydroxylation is 2. The van der Waals surface area contributed by atoms with Crippen molar-refractivity contribution in [1.82, 2.24) is 0 Å². The van der Waals surface area contributed by atoms with Gasteiger partial charge in [-0.15, -0.1) is 0 Å². The maximum absolute atomic E-state index is 12.8. The summed E-state index contributed by atoms with van der Waals surface area (Å²) in [5.41, 5.74) is 2.91. The van der Waals surface area contributed by atoms with Gasteiger partial charge in [0, 0.05) is 16.1 Å². The Hall–Kier alpha value is -1.36. The molecule has 0 spiro atoms. The van der Waals surface area contributed by atoms with E-state index in [2.05, 4.69) is 21.2 Å². The molecule has 1 heterocycles. The van der Waals surface area contributed by atoms with E-state index in [0.717, 1.165) is 34.1 Å². The molecule has 1 amide bonds. The van der Waals surface area contributed by atoms with E-state index in [1.54, 1.807) is 0 Å². The van der Waals surface area contributed by atoms with Crippen LogP contribution in [0, 0.1) is 37.5 Å². The number of fused-ring (bicyclic) bond motifs is 1. The molecule has 5 atom stereocenters. The quantitative estimate of drug-likeness (QED) is 0.820. The minimum absolute atomic E-state index is 0.0247. The number of carbonyl (C=O) groups is 2. The van der Waals surface area contributed by atoms with Gasteiger partial charge in [-0.2, -0.15) is 0 Å². The molecule has 2 bridgehead atoms. The first kappa shape index (κ1) is 14.2. The third-order valence-corrected chi connectivity index (χ3v) is 5.99. The number of esters is 1. The van der Waals surface area contributed by atoms with E-state index in [4.69, 9.17) is 4.74 Å². The average Bonchev–Trinajstić information content (AvgIpc) is 3.03. The van der Waals surface area contributed by atoms with Gasteiger partial charge in [-0.25, -0.2) is 0 Å². The highest BCUT2D eigenvalue weighted by molar-refractivity contribution is 9.10. The average molecular weight is 364 g/mol. The standard InChI is InChI=1S/C17H18BrNO3/c1-7-3-10(18)4-8(2)15(7)19-16(20)13-9-5-11-12(6-9)22-17(21)14(11)13/h3-4,9,11-14H,5-6H2,1-2H3,(H,19,20)/t9-,11+,12+,13-,14+/m1/s1. The highest BCUT2D eigenvalue weighted by Crippen LogP contribution is 2.57. The van der Waals surface area contributed by atoms with Crippen molar-refractivity contribution in [3.8, 4) is 0 Å². The van der Waals surface area contributed by atoms with Gasteiger partial charge in [0.2, 0.25) is 5.91 Å². The van der Waals surface area contributed by atoms with Gasteiger partial charge in [-0.3, -0.25) is 9.59 Å². The van der Waals surface area contributed by atoms with Crippen LogP contribution in [-0.4, -0.2) is 18.0 Å². The van der Waals surface area contributed by atoms with Crippen molar-refractivity contribution in [2.75, 3.05) is 5.32 Å². The van der Waals surface area contributed by atoms with Crippen molar-refractivity contribution in [2.45, 2.75) is 32.8 Å². The summed E-state index contributed by atoms with van der Waals surface area (Å²) in [7, 11) is 0. The first-order valence-corrected chi connectivity index (χ1v) is 8.53. The topological polar surface area (TPSA) is 55.4 Å². The number of nitrogens with one attached hydrogen (secondary N) is 1. The van der Waals surface area contributed by atoms with Crippen molar-refractivity contribution in [2.24, 2.45) is 23.7 Å². The number of hydrogen-bond donors (Lipinski definition) is 1. The summed E-state index contributed by atoms with van der Waals surface area (Å²) in [4.78, 5) is 24.8. The summed E-state index contributed by atoms with van der Waals surface area (Å²) in [6, 6.07) is 3.98. The maximum Gasteiger partial charge on any atom is 0.310 e. The van der Waals surface area contributed by atoms with E-state index in [1.165, 1.54) is 0 Å². The molecule has 3 aliphatic rings. The zero-order valence-electron chi connectivity index (χ0n) is 12.6. The van der Waals surface area contributed by atoms with Crippen LogP contribution in [0.15, 0.2) is 16.6 Å². The van der Waals surface area contributed by atoms with Gasteiger partial charge in [0.1, 0.15) is 6.10 Å². The fourth-order valence-corrected chi connectivity index (χ4v) is 5.36. The third-order valence-electron chi connectivity index (χ3n) is 5.53. The van der Waals surface area contributed by atoms with E-state index >= 15 is 0 Å². The van der Waals surface area contributed by atoms with E-state index in [1.807, 2.05) is 26.0 Å². The van der Waals surface area contributed by atoms with Gasteiger partial charge in [-0.05, 0) is 55.9 Å². The molecule has 1 N–H and O–H groups in total. The predicted octanol–water partition coefficient (Wildman–Crippen LogP) is 3.20. The second-order valence-corrected chi connectivity index (χ2v) is 7.74. The second-order valence-electron chi connectivity index (χ2n) is 6.83. The molecule has 2 saturated carbocycles. The van der Waals surface area contributed by atoms with Crippen molar-refractivity contribution in [3.63, 3.8) is 0 Å². The van der Waals surface area contributed by atoms with E-state index in [9.17, 15) is 9.59 Å². The number of halogens is 1. The van der Waals surface area contributed by atoms with Gasteiger partial charge < -0.3 is 10.1 Å². The summed E-state index contributed by atoms with van der Waals surface area (Å²) in [6.45, 7) is 3.96. The van der Waals surface area contributed by atoms with Crippen LogP contribution >= 0.6 is 15.9 Å². The molecular formula is C17H18BrNO3. The Labute approximate surface area is 137 Å². The molecule has 116 valence electrons. The molecule has 2 aliphatic carbocycles. The third kappa shape index (κ3) is 1.94. The Morgan fingerprint density at radius 2 is 1.95 bits per heavy atom. The second kappa shape index (κ2) is 4.82. The number of anilines is 1. The lowest BCUT2D eigenvalue weighted by Gasteiger charge is -2.24. The molecule has 0 radical (unpaired) electrons. The molecule has 22 heavy (non-hydrogen) atoms. The SMILES string of the molecule is Cc1cc(Br)cc(C)c1NC(=O)[C@@H]1[C@@H]2C[C@@H]3[C@@H]1C(=O)O[C@H]3C2. The van der Waals surface area contributed by atoms with Gasteiger partial charge >= 0.3 is 5.97 Å². The summed E-state index contributed by atoms with van der Waals surface area (Å²) < 4.78 is 6.41. The monoisotopic (exact) mass is 363 g/mol. The summed E-state index contributed by atoms with van der Waals surface area (Å²) in [5.74, 6) is -0.0795. The Balaban J connectivity index is 1.60. The van der Waals surface area contributed by atoms with Crippen LogP contribution in [0.4, 0.5) is 5.69 Å².